The largest absolute Gasteiger partial charge is 0.383 e. The number of hydrogen-bond acceptors (Lipinski definition) is 4. The van der Waals surface area contributed by atoms with E-state index in [1.165, 1.54) is 19.3 Å². The molecule has 0 spiro atoms. The second-order valence-corrected chi connectivity index (χ2v) is 6.57. The van der Waals surface area contributed by atoms with E-state index in [2.05, 4.69) is 37.9 Å². The van der Waals surface area contributed by atoms with Gasteiger partial charge in [-0.15, -0.1) is 0 Å². The monoisotopic (exact) mass is 288 g/mol. The first-order valence-electron chi connectivity index (χ1n) is 7.87. The lowest BCUT2D eigenvalue weighted by atomic mass is 10.1. The van der Waals surface area contributed by atoms with E-state index in [4.69, 9.17) is 9.47 Å². The van der Waals surface area contributed by atoms with Gasteiger partial charge in [-0.2, -0.15) is 0 Å². The Hall–Kier alpha value is -0.160. The van der Waals surface area contributed by atoms with Gasteiger partial charge in [0.05, 0.1) is 13.2 Å². The molecule has 1 atom stereocenters. The Balaban J connectivity index is 3.78. The van der Waals surface area contributed by atoms with E-state index in [9.17, 15) is 0 Å². The van der Waals surface area contributed by atoms with Gasteiger partial charge in [0.2, 0.25) is 0 Å². The molecule has 1 N–H and O–H groups in total. The zero-order chi connectivity index (χ0) is 15.4. The molecule has 122 valence electrons. The van der Waals surface area contributed by atoms with Gasteiger partial charge in [-0.1, -0.05) is 6.42 Å². The fraction of sp³-hybridized carbons (Fsp3) is 1.00. The average Bonchev–Trinajstić information content (AvgIpc) is 2.36. The van der Waals surface area contributed by atoms with Gasteiger partial charge in [0.25, 0.3) is 0 Å². The number of nitrogens with zero attached hydrogens (tertiary/aromatic N) is 1. The summed E-state index contributed by atoms with van der Waals surface area (Å²) in [5.74, 6) is 0. The van der Waals surface area contributed by atoms with Crippen molar-refractivity contribution >= 4 is 0 Å². The van der Waals surface area contributed by atoms with E-state index < -0.39 is 0 Å². The Morgan fingerprint density at radius 2 is 1.70 bits per heavy atom. The second kappa shape index (κ2) is 11.5. The Bertz CT molecular complexity index is 217. The van der Waals surface area contributed by atoms with Gasteiger partial charge >= 0.3 is 0 Å². The summed E-state index contributed by atoms with van der Waals surface area (Å²) in [4.78, 5) is 2.46. The first-order valence-corrected chi connectivity index (χ1v) is 7.87. The molecule has 0 saturated heterocycles. The standard InChI is InChI=1S/C16H36N2O2/c1-15(14-20-6)18(12-13-19-5)11-9-7-8-10-17-16(2,3)4/h15,17H,7-14H2,1-6H3. The molecule has 0 saturated carbocycles. The molecule has 0 aromatic heterocycles. The van der Waals surface area contributed by atoms with Crippen molar-refractivity contribution in [3.05, 3.63) is 0 Å². The topological polar surface area (TPSA) is 33.7 Å². The van der Waals surface area contributed by atoms with E-state index in [1.54, 1.807) is 14.2 Å². The Morgan fingerprint density at radius 3 is 2.25 bits per heavy atom. The maximum Gasteiger partial charge on any atom is 0.0615 e. The van der Waals surface area contributed by atoms with Crippen LogP contribution in [0.1, 0.15) is 47.0 Å². The number of unbranched alkanes of at least 4 members (excludes halogenated alkanes) is 2. The van der Waals surface area contributed by atoms with Crippen molar-refractivity contribution < 1.29 is 9.47 Å². The van der Waals surface area contributed by atoms with Crippen LogP contribution >= 0.6 is 0 Å². The first kappa shape index (κ1) is 19.8. The molecular weight excluding hydrogens is 252 g/mol. The number of nitrogens with one attached hydrogen (secondary N) is 1. The van der Waals surface area contributed by atoms with Crippen LogP contribution in [0.4, 0.5) is 0 Å². The maximum absolute atomic E-state index is 5.25. The third kappa shape index (κ3) is 11.6. The highest BCUT2D eigenvalue weighted by Gasteiger charge is 2.13. The maximum atomic E-state index is 5.25. The highest BCUT2D eigenvalue weighted by molar-refractivity contribution is 4.70. The van der Waals surface area contributed by atoms with Crippen LogP contribution in [0.2, 0.25) is 0 Å². The van der Waals surface area contributed by atoms with Crippen molar-refractivity contribution in [1.29, 1.82) is 0 Å². The lowest BCUT2D eigenvalue weighted by Gasteiger charge is -2.28. The molecule has 0 aromatic rings. The summed E-state index contributed by atoms with van der Waals surface area (Å²) in [5, 5.41) is 3.53. The molecule has 0 aromatic carbocycles. The zero-order valence-electron chi connectivity index (χ0n) is 14.5. The van der Waals surface area contributed by atoms with Gasteiger partial charge in [0.15, 0.2) is 0 Å². The van der Waals surface area contributed by atoms with Crippen molar-refractivity contribution in [3.63, 3.8) is 0 Å². The smallest absolute Gasteiger partial charge is 0.0615 e. The van der Waals surface area contributed by atoms with Crippen LogP contribution in [-0.4, -0.2) is 63.5 Å². The van der Waals surface area contributed by atoms with Gasteiger partial charge in [0.1, 0.15) is 0 Å². The summed E-state index contributed by atoms with van der Waals surface area (Å²) < 4.78 is 10.4. The van der Waals surface area contributed by atoms with Crippen LogP contribution in [0.5, 0.6) is 0 Å². The summed E-state index contributed by atoms with van der Waals surface area (Å²) in [6.07, 6.45) is 3.75. The third-order valence-electron chi connectivity index (χ3n) is 3.39. The minimum Gasteiger partial charge on any atom is -0.383 e. The highest BCUT2D eigenvalue weighted by Crippen LogP contribution is 2.05. The van der Waals surface area contributed by atoms with Crippen LogP contribution in [0.3, 0.4) is 0 Å². The quantitative estimate of drug-likeness (QED) is 0.560. The molecule has 0 rings (SSSR count). The van der Waals surface area contributed by atoms with Crippen molar-refractivity contribution in [2.24, 2.45) is 0 Å². The predicted octanol–water partition coefficient (Wildman–Crippen LogP) is 2.53. The Kier molecular flexibility index (Phi) is 11.4. The minimum atomic E-state index is 0.234. The van der Waals surface area contributed by atoms with Crippen LogP contribution in [0.25, 0.3) is 0 Å². The van der Waals surface area contributed by atoms with Crippen LogP contribution in [0.15, 0.2) is 0 Å². The Labute approximate surface area is 126 Å². The lowest BCUT2D eigenvalue weighted by molar-refractivity contribution is 0.0739. The normalized spacial score (nSPS) is 13.9. The molecule has 0 radical (unpaired) electrons. The predicted molar refractivity (Wildman–Crippen MR) is 86.4 cm³/mol. The lowest BCUT2D eigenvalue weighted by Crippen LogP contribution is -2.39. The van der Waals surface area contributed by atoms with Crippen molar-refractivity contribution in [3.8, 4) is 0 Å². The molecule has 0 bridgehead atoms. The fourth-order valence-corrected chi connectivity index (χ4v) is 2.19. The Morgan fingerprint density at radius 1 is 1.00 bits per heavy atom. The molecule has 0 heterocycles. The van der Waals surface area contributed by atoms with E-state index in [0.717, 1.165) is 32.8 Å². The number of hydrogen-bond donors (Lipinski definition) is 1. The fourth-order valence-electron chi connectivity index (χ4n) is 2.19. The second-order valence-electron chi connectivity index (χ2n) is 6.57. The zero-order valence-corrected chi connectivity index (χ0v) is 14.5. The summed E-state index contributed by atoms with van der Waals surface area (Å²) in [5.41, 5.74) is 0.234. The molecule has 0 aliphatic carbocycles. The van der Waals surface area contributed by atoms with Crippen LogP contribution in [-0.2, 0) is 9.47 Å². The van der Waals surface area contributed by atoms with Crippen molar-refractivity contribution in [2.75, 3.05) is 47.1 Å². The van der Waals surface area contributed by atoms with E-state index in [1.807, 2.05) is 0 Å². The molecule has 0 aliphatic heterocycles. The third-order valence-corrected chi connectivity index (χ3v) is 3.39. The summed E-state index contributed by atoms with van der Waals surface area (Å²) in [6.45, 7) is 13.7. The molecule has 0 aliphatic rings. The van der Waals surface area contributed by atoms with E-state index in [0.29, 0.717) is 6.04 Å². The molecule has 1 unspecified atom stereocenters. The molecule has 0 amide bonds. The van der Waals surface area contributed by atoms with E-state index in [-0.39, 0.29) is 5.54 Å². The van der Waals surface area contributed by atoms with Gasteiger partial charge in [-0.3, -0.25) is 4.90 Å². The van der Waals surface area contributed by atoms with Crippen molar-refractivity contribution in [2.45, 2.75) is 58.5 Å². The van der Waals surface area contributed by atoms with Crippen LogP contribution < -0.4 is 5.32 Å². The number of ether oxygens (including phenoxy) is 2. The summed E-state index contributed by atoms with van der Waals surface area (Å²) in [6, 6.07) is 0.461. The minimum absolute atomic E-state index is 0.234. The summed E-state index contributed by atoms with van der Waals surface area (Å²) in [7, 11) is 3.53. The van der Waals surface area contributed by atoms with Crippen molar-refractivity contribution in [1.82, 2.24) is 10.2 Å². The molecule has 20 heavy (non-hydrogen) atoms. The molecule has 0 fully saturated rings. The molecule has 4 heteroatoms. The molecule has 4 nitrogen and oxygen atoms in total. The first-order chi connectivity index (χ1) is 9.40. The van der Waals surface area contributed by atoms with Crippen LogP contribution in [0, 0.1) is 0 Å². The number of methoxy groups -OCH3 is 2. The summed E-state index contributed by atoms with van der Waals surface area (Å²) >= 11 is 0. The molecular formula is C16H36N2O2. The van der Waals surface area contributed by atoms with Gasteiger partial charge in [-0.25, -0.2) is 0 Å². The van der Waals surface area contributed by atoms with Gasteiger partial charge in [0, 0.05) is 32.3 Å². The van der Waals surface area contributed by atoms with Gasteiger partial charge in [-0.05, 0) is 53.6 Å². The highest BCUT2D eigenvalue weighted by atomic mass is 16.5. The average molecular weight is 288 g/mol. The SMILES string of the molecule is COCCN(CCCCCNC(C)(C)C)C(C)COC. The van der Waals surface area contributed by atoms with Gasteiger partial charge < -0.3 is 14.8 Å². The van der Waals surface area contributed by atoms with E-state index >= 15 is 0 Å². The number of rotatable bonds is 12.